The number of nitrogens with one attached hydrogen (secondary N) is 2. The van der Waals surface area contributed by atoms with Gasteiger partial charge in [-0.2, -0.15) is 0 Å². The zero-order valence-corrected chi connectivity index (χ0v) is 15.8. The van der Waals surface area contributed by atoms with Crippen LogP contribution in [0.4, 0.5) is 5.13 Å². The summed E-state index contributed by atoms with van der Waals surface area (Å²) >= 11 is 1.33. The van der Waals surface area contributed by atoms with Crippen LogP contribution in [0.3, 0.4) is 0 Å². The van der Waals surface area contributed by atoms with Crippen LogP contribution in [0, 0.1) is 6.92 Å². The van der Waals surface area contributed by atoms with Gasteiger partial charge in [0.05, 0.1) is 10.6 Å². The number of nitrogens with zero attached hydrogens (tertiary/aromatic N) is 1. The van der Waals surface area contributed by atoms with E-state index < -0.39 is 10.0 Å². The van der Waals surface area contributed by atoms with Crippen LogP contribution in [0.5, 0.6) is 0 Å². The number of carbonyl (C=O) groups excluding carboxylic acids is 1. The van der Waals surface area contributed by atoms with E-state index in [4.69, 9.17) is 0 Å². The summed E-state index contributed by atoms with van der Waals surface area (Å²) in [5, 5.41) is 5.10. The van der Waals surface area contributed by atoms with E-state index in [0.717, 1.165) is 11.3 Å². The lowest BCUT2D eigenvalue weighted by Gasteiger charge is -2.04. The molecule has 0 spiro atoms. The van der Waals surface area contributed by atoms with E-state index in [1.54, 1.807) is 0 Å². The average molecular weight is 387 g/mol. The molecule has 3 rings (SSSR count). The van der Waals surface area contributed by atoms with Crippen LogP contribution >= 0.6 is 11.3 Å². The van der Waals surface area contributed by atoms with Crippen LogP contribution in [0.2, 0.25) is 0 Å². The number of hydrogen-bond acceptors (Lipinski definition) is 5. The molecule has 0 bridgehead atoms. The number of amides is 1. The first kappa shape index (κ1) is 18.2. The fourth-order valence-electron chi connectivity index (χ4n) is 2.26. The van der Waals surface area contributed by atoms with Gasteiger partial charge in [-0.25, -0.2) is 18.1 Å². The first-order chi connectivity index (χ1) is 12.4. The van der Waals surface area contributed by atoms with Gasteiger partial charge in [0.15, 0.2) is 5.13 Å². The fraction of sp³-hybridized carbons (Fsp3) is 0.111. The maximum absolute atomic E-state index is 12.3. The molecule has 6 nitrogen and oxygen atoms in total. The second-order valence-corrected chi connectivity index (χ2v) is 8.33. The summed E-state index contributed by atoms with van der Waals surface area (Å²) in [6.07, 6.45) is 0. The Labute approximate surface area is 156 Å². The molecule has 0 fully saturated rings. The molecule has 2 aromatic carbocycles. The topological polar surface area (TPSA) is 88.2 Å². The minimum absolute atomic E-state index is 0.104. The van der Waals surface area contributed by atoms with Crippen molar-refractivity contribution in [1.82, 2.24) is 9.71 Å². The minimum Gasteiger partial charge on any atom is -0.298 e. The molecule has 0 aliphatic rings. The van der Waals surface area contributed by atoms with Gasteiger partial charge in [-0.15, -0.1) is 11.3 Å². The molecule has 0 unspecified atom stereocenters. The highest BCUT2D eigenvalue weighted by atomic mass is 32.2. The molecule has 134 valence electrons. The zero-order valence-electron chi connectivity index (χ0n) is 14.2. The Balaban J connectivity index is 1.73. The Kier molecular flexibility index (Phi) is 5.17. The Morgan fingerprint density at radius 2 is 1.69 bits per heavy atom. The average Bonchev–Trinajstić information content (AvgIpc) is 3.11. The normalized spacial score (nSPS) is 11.3. The minimum atomic E-state index is -3.52. The van der Waals surface area contributed by atoms with E-state index in [9.17, 15) is 13.2 Å². The molecule has 0 saturated carbocycles. The van der Waals surface area contributed by atoms with E-state index in [1.807, 2.05) is 36.6 Å². The van der Waals surface area contributed by atoms with Crippen molar-refractivity contribution in [2.45, 2.75) is 11.8 Å². The second kappa shape index (κ2) is 7.36. The van der Waals surface area contributed by atoms with E-state index in [2.05, 4.69) is 15.0 Å². The maximum Gasteiger partial charge on any atom is 0.257 e. The molecule has 1 aromatic heterocycles. The van der Waals surface area contributed by atoms with Gasteiger partial charge in [-0.1, -0.05) is 29.8 Å². The summed E-state index contributed by atoms with van der Waals surface area (Å²) in [4.78, 5) is 16.9. The quantitative estimate of drug-likeness (QED) is 0.703. The number of carbonyl (C=O) groups is 1. The third-order valence-corrected chi connectivity index (χ3v) is 5.96. The highest BCUT2D eigenvalue weighted by Crippen LogP contribution is 2.25. The summed E-state index contributed by atoms with van der Waals surface area (Å²) in [6, 6.07) is 13.7. The van der Waals surface area contributed by atoms with Gasteiger partial charge in [0.25, 0.3) is 5.91 Å². The van der Waals surface area contributed by atoms with Gasteiger partial charge in [0, 0.05) is 16.5 Å². The lowest BCUT2D eigenvalue weighted by atomic mass is 10.1. The van der Waals surface area contributed by atoms with E-state index >= 15 is 0 Å². The van der Waals surface area contributed by atoms with Crippen LogP contribution in [0.25, 0.3) is 11.3 Å². The second-order valence-electron chi connectivity index (χ2n) is 5.59. The number of hydrogen-bond donors (Lipinski definition) is 2. The van der Waals surface area contributed by atoms with Crippen molar-refractivity contribution < 1.29 is 13.2 Å². The predicted octanol–water partition coefficient (Wildman–Crippen LogP) is 3.28. The molecule has 1 heterocycles. The summed E-state index contributed by atoms with van der Waals surface area (Å²) in [5.41, 5.74) is 3.29. The highest BCUT2D eigenvalue weighted by Gasteiger charge is 2.14. The lowest BCUT2D eigenvalue weighted by Crippen LogP contribution is -2.19. The van der Waals surface area contributed by atoms with Crippen LogP contribution in [0.1, 0.15) is 15.9 Å². The molecule has 0 atom stereocenters. The number of rotatable bonds is 5. The summed E-state index contributed by atoms with van der Waals surface area (Å²) in [7, 11) is -2.18. The van der Waals surface area contributed by atoms with Crippen LogP contribution < -0.4 is 10.0 Å². The monoisotopic (exact) mass is 387 g/mol. The highest BCUT2D eigenvalue weighted by molar-refractivity contribution is 7.89. The Morgan fingerprint density at radius 1 is 1.04 bits per heavy atom. The third kappa shape index (κ3) is 3.98. The molecule has 0 saturated heterocycles. The van der Waals surface area contributed by atoms with Gasteiger partial charge >= 0.3 is 0 Å². The molecule has 0 aliphatic heterocycles. The van der Waals surface area contributed by atoms with E-state index in [0.29, 0.717) is 10.7 Å². The molecular weight excluding hydrogens is 370 g/mol. The number of aryl methyl sites for hydroxylation is 1. The number of thiazole rings is 1. The number of benzene rings is 2. The van der Waals surface area contributed by atoms with Gasteiger partial charge in [-0.05, 0) is 38.2 Å². The van der Waals surface area contributed by atoms with Gasteiger partial charge in [-0.3, -0.25) is 10.1 Å². The first-order valence-corrected chi connectivity index (χ1v) is 10.1. The summed E-state index contributed by atoms with van der Waals surface area (Å²) in [6.45, 7) is 2.02. The van der Waals surface area contributed by atoms with Crippen molar-refractivity contribution in [1.29, 1.82) is 0 Å². The molecule has 3 aromatic rings. The molecular formula is C18H17N3O3S2. The number of anilines is 1. The Morgan fingerprint density at radius 3 is 2.31 bits per heavy atom. The van der Waals surface area contributed by atoms with Crippen LogP contribution in [-0.2, 0) is 10.0 Å². The smallest absolute Gasteiger partial charge is 0.257 e. The Bertz CT molecular complexity index is 1020. The largest absolute Gasteiger partial charge is 0.298 e. The maximum atomic E-state index is 12.3. The molecule has 1 amide bonds. The van der Waals surface area contributed by atoms with Crippen molar-refractivity contribution in [3.05, 3.63) is 65.0 Å². The number of sulfonamides is 1. The lowest BCUT2D eigenvalue weighted by molar-refractivity contribution is 0.102. The van der Waals surface area contributed by atoms with Crippen LogP contribution in [-0.4, -0.2) is 26.4 Å². The summed E-state index contributed by atoms with van der Waals surface area (Å²) in [5.74, 6) is -0.344. The zero-order chi connectivity index (χ0) is 18.7. The molecule has 8 heteroatoms. The first-order valence-electron chi connectivity index (χ1n) is 7.76. The van der Waals surface area contributed by atoms with E-state index in [-0.39, 0.29) is 10.8 Å². The van der Waals surface area contributed by atoms with Gasteiger partial charge in [0.2, 0.25) is 10.0 Å². The van der Waals surface area contributed by atoms with Crippen molar-refractivity contribution in [3.63, 3.8) is 0 Å². The number of aromatic nitrogens is 1. The molecule has 0 aliphatic carbocycles. The molecule has 26 heavy (non-hydrogen) atoms. The SMILES string of the molecule is CNS(=O)(=O)c1ccc(C(=O)Nc2nc(-c3ccc(C)cc3)cs2)cc1. The van der Waals surface area contributed by atoms with Crippen molar-refractivity contribution in [2.24, 2.45) is 0 Å². The van der Waals surface area contributed by atoms with Crippen molar-refractivity contribution in [2.75, 3.05) is 12.4 Å². The summed E-state index contributed by atoms with van der Waals surface area (Å²) < 4.78 is 25.7. The Hall–Kier alpha value is -2.55. The molecule has 2 N–H and O–H groups in total. The van der Waals surface area contributed by atoms with Crippen molar-refractivity contribution in [3.8, 4) is 11.3 Å². The third-order valence-electron chi connectivity index (χ3n) is 3.77. The van der Waals surface area contributed by atoms with Gasteiger partial charge in [0.1, 0.15) is 0 Å². The fourth-order valence-corrected chi connectivity index (χ4v) is 3.71. The standard InChI is InChI=1S/C18H17N3O3S2/c1-12-3-5-13(6-4-12)16-11-25-18(20-16)21-17(22)14-7-9-15(10-8-14)26(23,24)19-2/h3-11,19H,1-2H3,(H,20,21,22). The molecule has 0 radical (unpaired) electrons. The van der Waals surface area contributed by atoms with Crippen molar-refractivity contribution >= 4 is 32.4 Å². The van der Waals surface area contributed by atoms with Gasteiger partial charge < -0.3 is 0 Å². The van der Waals surface area contributed by atoms with Crippen LogP contribution in [0.15, 0.2) is 58.8 Å². The predicted molar refractivity (Wildman–Crippen MR) is 103 cm³/mol. The van der Waals surface area contributed by atoms with E-state index in [1.165, 1.54) is 48.2 Å².